The van der Waals surface area contributed by atoms with Crippen molar-refractivity contribution >= 4 is 0 Å². The molecular weight excluding hydrogens is 284 g/mol. The van der Waals surface area contributed by atoms with Crippen LogP contribution in [-0.4, -0.2) is 16.3 Å². The van der Waals surface area contributed by atoms with E-state index in [2.05, 4.69) is 19.6 Å². The number of fused-ring (bicyclic) bond motifs is 5. The highest BCUT2D eigenvalue weighted by Gasteiger charge is 2.54. The zero-order valence-electron chi connectivity index (χ0n) is 14.1. The molecule has 2 saturated carbocycles. The molecule has 0 radical (unpaired) electrons. The van der Waals surface area contributed by atoms with E-state index in [9.17, 15) is 10.2 Å². The number of aromatic hydroxyl groups is 1. The van der Waals surface area contributed by atoms with Crippen LogP contribution in [0.15, 0.2) is 24.8 Å². The third-order valence-corrected chi connectivity index (χ3v) is 7.24. The Morgan fingerprint density at radius 3 is 2.87 bits per heavy atom. The third kappa shape index (κ3) is 2.18. The van der Waals surface area contributed by atoms with Gasteiger partial charge in [0.15, 0.2) is 0 Å². The van der Waals surface area contributed by atoms with Gasteiger partial charge in [-0.1, -0.05) is 19.1 Å². The van der Waals surface area contributed by atoms with E-state index in [-0.39, 0.29) is 11.5 Å². The number of phenols is 1. The second kappa shape index (κ2) is 5.37. The average Bonchev–Trinajstić information content (AvgIpc) is 2.84. The van der Waals surface area contributed by atoms with E-state index >= 15 is 0 Å². The van der Waals surface area contributed by atoms with Gasteiger partial charge < -0.3 is 10.2 Å². The Bertz CT molecular complexity index is 635. The van der Waals surface area contributed by atoms with Gasteiger partial charge in [0.1, 0.15) is 5.75 Å². The standard InChI is InChI=1S/C21H28O2/c1-3-4-14-11-17-13(12-19(14)22)5-6-16-15(17)9-10-21(2)18(16)7-8-20(21)23/h3,11-12,15-16,18,20,22-23H,1,4-10H2,2H3/t15-,16+,18-,20+,21-/m0/s1. The first-order valence-corrected chi connectivity index (χ1v) is 9.18. The number of phenolic OH excluding ortho intramolecular Hbond substituents is 1. The van der Waals surface area contributed by atoms with Crippen LogP contribution < -0.4 is 0 Å². The number of hydrogen-bond acceptors (Lipinski definition) is 2. The molecule has 0 aliphatic heterocycles. The zero-order valence-corrected chi connectivity index (χ0v) is 14.1. The fraction of sp³-hybridized carbons (Fsp3) is 0.619. The Balaban J connectivity index is 1.71. The number of benzene rings is 1. The monoisotopic (exact) mass is 312 g/mol. The van der Waals surface area contributed by atoms with Crippen LogP contribution >= 0.6 is 0 Å². The first kappa shape index (κ1) is 15.3. The fourth-order valence-corrected chi connectivity index (χ4v) is 5.95. The summed E-state index contributed by atoms with van der Waals surface area (Å²) in [7, 11) is 0. The highest BCUT2D eigenvalue weighted by Crippen LogP contribution is 2.61. The van der Waals surface area contributed by atoms with Crippen LogP contribution in [0.4, 0.5) is 0 Å². The van der Waals surface area contributed by atoms with Gasteiger partial charge in [0.25, 0.3) is 0 Å². The maximum absolute atomic E-state index is 10.5. The summed E-state index contributed by atoms with van der Waals surface area (Å²) in [6.07, 6.45) is 9.26. The molecule has 2 nitrogen and oxygen atoms in total. The lowest BCUT2D eigenvalue weighted by atomic mass is 9.55. The van der Waals surface area contributed by atoms with Crippen LogP contribution in [-0.2, 0) is 12.8 Å². The predicted molar refractivity (Wildman–Crippen MR) is 92.6 cm³/mol. The molecule has 0 bridgehead atoms. The van der Waals surface area contributed by atoms with Gasteiger partial charge >= 0.3 is 0 Å². The van der Waals surface area contributed by atoms with E-state index in [1.807, 2.05) is 12.1 Å². The van der Waals surface area contributed by atoms with Crippen molar-refractivity contribution in [1.29, 1.82) is 0 Å². The number of rotatable bonds is 2. The van der Waals surface area contributed by atoms with Crippen LogP contribution in [0.3, 0.4) is 0 Å². The Morgan fingerprint density at radius 2 is 2.09 bits per heavy atom. The summed E-state index contributed by atoms with van der Waals surface area (Å²) in [6, 6.07) is 4.25. The van der Waals surface area contributed by atoms with Gasteiger partial charge in [0, 0.05) is 0 Å². The van der Waals surface area contributed by atoms with Gasteiger partial charge in [-0.3, -0.25) is 0 Å². The molecule has 1 aromatic carbocycles. The van der Waals surface area contributed by atoms with Gasteiger partial charge in [0.05, 0.1) is 6.10 Å². The second-order valence-corrected chi connectivity index (χ2v) is 8.23. The molecule has 0 amide bonds. The molecule has 3 aliphatic carbocycles. The Hall–Kier alpha value is -1.28. The van der Waals surface area contributed by atoms with Crippen molar-refractivity contribution < 1.29 is 10.2 Å². The second-order valence-electron chi connectivity index (χ2n) is 8.23. The normalized spacial score (nSPS) is 38.5. The van der Waals surface area contributed by atoms with Crippen LogP contribution in [0.2, 0.25) is 0 Å². The average molecular weight is 312 g/mol. The van der Waals surface area contributed by atoms with E-state index < -0.39 is 0 Å². The quantitative estimate of drug-likeness (QED) is 0.798. The minimum Gasteiger partial charge on any atom is -0.508 e. The Labute approximate surface area is 139 Å². The molecule has 23 heavy (non-hydrogen) atoms. The van der Waals surface area contributed by atoms with Gasteiger partial charge in [-0.05, 0) is 90.9 Å². The van der Waals surface area contributed by atoms with E-state index in [0.717, 1.165) is 31.2 Å². The maximum Gasteiger partial charge on any atom is 0.119 e. The lowest BCUT2D eigenvalue weighted by molar-refractivity contribution is -0.0226. The lowest BCUT2D eigenvalue weighted by Crippen LogP contribution is -2.43. The van der Waals surface area contributed by atoms with Crippen LogP contribution in [0.5, 0.6) is 5.75 Å². The van der Waals surface area contributed by atoms with E-state index in [0.29, 0.717) is 23.5 Å². The third-order valence-electron chi connectivity index (χ3n) is 7.24. The van der Waals surface area contributed by atoms with Crippen LogP contribution in [0.1, 0.15) is 61.6 Å². The van der Waals surface area contributed by atoms with E-state index in [4.69, 9.17) is 0 Å². The van der Waals surface area contributed by atoms with Gasteiger partial charge in [-0.25, -0.2) is 0 Å². The molecule has 0 heterocycles. The fourth-order valence-electron chi connectivity index (χ4n) is 5.95. The number of allylic oxidation sites excluding steroid dienone is 1. The van der Waals surface area contributed by atoms with Crippen molar-refractivity contribution in [3.8, 4) is 5.75 Å². The van der Waals surface area contributed by atoms with Crippen LogP contribution in [0, 0.1) is 17.3 Å². The van der Waals surface area contributed by atoms with E-state index in [1.165, 1.54) is 30.4 Å². The first-order chi connectivity index (χ1) is 11.0. The van der Waals surface area contributed by atoms with Gasteiger partial charge in [-0.2, -0.15) is 0 Å². The molecule has 0 aromatic heterocycles. The summed E-state index contributed by atoms with van der Waals surface area (Å²) >= 11 is 0. The molecule has 0 unspecified atom stereocenters. The number of aryl methyl sites for hydroxylation is 1. The first-order valence-electron chi connectivity index (χ1n) is 9.18. The molecule has 4 rings (SSSR count). The molecule has 2 N–H and O–H groups in total. The Kier molecular flexibility index (Phi) is 3.57. The van der Waals surface area contributed by atoms with Crippen molar-refractivity contribution in [2.45, 2.75) is 63.9 Å². The zero-order chi connectivity index (χ0) is 16.2. The van der Waals surface area contributed by atoms with Gasteiger partial charge in [-0.15, -0.1) is 6.58 Å². The molecule has 5 atom stereocenters. The number of hydrogen-bond donors (Lipinski definition) is 2. The van der Waals surface area contributed by atoms with Crippen molar-refractivity contribution in [3.63, 3.8) is 0 Å². The molecule has 124 valence electrons. The highest BCUT2D eigenvalue weighted by atomic mass is 16.3. The summed E-state index contributed by atoms with van der Waals surface area (Å²) in [5.41, 5.74) is 3.97. The molecular formula is C21H28O2. The number of aliphatic hydroxyl groups is 1. The minimum atomic E-state index is -0.106. The lowest BCUT2D eigenvalue weighted by Gasteiger charge is -2.50. The van der Waals surface area contributed by atoms with Crippen LogP contribution in [0.25, 0.3) is 0 Å². The predicted octanol–water partition coefficient (Wildman–Crippen LogP) is 4.34. The van der Waals surface area contributed by atoms with Crippen molar-refractivity contribution in [2.24, 2.45) is 17.3 Å². The highest BCUT2D eigenvalue weighted by molar-refractivity contribution is 5.46. The van der Waals surface area contributed by atoms with Crippen molar-refractivity contribution in [1.82, 2.24) is 0 Å². The molecule has 0 saturated heterocycles. The number of aliphatic hydroxyl groups excluding tert-OH is 1. The summed E-state index contributed by atoms with van der Waals surface area (Å²) in [5, 5.41) is 20.7. The van der Waals surface area contributed by atoms with E-state index in [1.54, 1.807) is 0 Å². The largest absolute Gasteiger partial charge is 0.508 e. The summed E-state index contributed by atoms with van der Waals surface area (Å²) < 4.78 is 0. The summed E-state index contributed by atoms with van der Waals surface area (Å²) in [5.74, 6) is 2.42. The summed E-state index contributed by atoms with van der Waals surface area (Å²) in [4.78, 5) is 0. The molecule has 2 heteroatoms. The Morgan fingerprint density at radius 1 is 1.26 bits per heavy atom. The molecule has 0 spiro atoms. The van der Waals surface area contributed by atoms with Crippen molar-refractivity contribution in [2.75, 3.05) is 0 Å². The smallest absolute Gasteiger partial charge is 0.119 e. The SMILES string of the molecule is C=CCc1cc2c(cc1O)CC[C@@H]1[C@@H]2CC[C@]2(C)[C@H](O)CC[C@@H]12. The van der Waals surface area contributed by atoms with Gasteiger partial charge in [0.2, 0.25) is 0 Å². The maximum atomic E-state index is 10.5. The molecule has 3 aliphatic rings. The molecule has 1 aromatic rings. The summed E-state index contributed by atoms with van der Waals surface area (Å²) in [6.45, 7) is 6.13. The molecule has 2 fully saturated rings. The van der Waals surface area contributed by atoms with Crippen molar-refractivity contribution in [3.05, 3.63) is 41.5 Å². The minimum absolute atomic E-state index is 0.106. The topological polar surface area (TPSA) is 40.5 Å².